The third-order valence-electron chi connectivity index (χ3n) is 3.28. The summed E-state index contributed by atoms with van der Waals surface area (Å²) in [5.41, 5.74) is 4.56. The van der Waals surface area contributed by atoms with E-state index in [4.69, 9.17) is 0 Å². The molecule has 0 aliphatic carbocycles. The molecule has 0 fully saturated rings. The van der Waals surface area contributed by atoms with Crippen molar-refractivity contribution in [2.75, 3.05) is 18.4 Å². The van der Waals surface area contributed by atoms with Gasteiger partial charge in [-0.25, -0.2) is 0 Å². The van der Waals surface area contributed by atoms with Crippen molar-refractivity contribution in [3.05, 3.63) is 35.5 Å². The van der Waals surface area contributed by atoms with E-state index in [0.717, 1.165) is 30.3 Å². The second-order valence-corrected chi connectivity index (χ2v) is 4.55. The number of aliphatic imine (C=N–C) groups is 1. The summed E-state index contributed by atoms with van der Waals surface area (Å²) in [6, 6.07) is 6.22. The summed E-state index contributed by atoms with van der Waals surface area (Å²) in [6.45, 7) is 5.95. The fourth-order valence-corrected chi connectivity index (χ4v) is 2.30. The van der Waals surface area contributed by atoms with Crippen LogP contribution in [0.25, 0.3) is 10.9 Å². The molecule has 2 N–H and O–H groups in total. The van der Waals surface area contributed by atoms with Crippen LogP contribution in [0.2, 0.25) is 0 Å². The average molecular weight is 240 g/mol. The first-order valence-corrected chi connectivity index (χ1v) is 6.16. The molecule has 0 bridgehead atoms. The number of rotatable bonds is 1. The number of pyridine rings is 1. The topological polar surface area (TPSA) is 49.3 Å². The maximum absolute atomic E-state index is 4.44. The number of fused-ring (bicyclic) bond motifs is 1. The molecule has 4 nitrogen and oxygen atoms in total. The van der Waals surface area contributed by atoms with Gasteiger partial charge in [-0.05, 0) is 37.1 Å². The van der Waals surface area contributed by atoms with E-state index in [-0.39, 0.29) is 0 Å². The monoisotopic (exact) mass is 240 g/mol. The van der Waals surface area contributed by atoms with Crippen LogP contribution in [-0.2, 0) is 0 Å². The highest BCUT2D eigenvalue weighted by molar-refractivity contribution is 5.99. The van der Waals surface area contributed by atoms with Gasteiger partial charge in [-0.1, -0.05) is 6.07 Å². The fraction of sp³-hybridized carbons (Fsp3) is 0.286. The molecule has 0 radical (unpaired) electrons. The third kappa shape index (κ3) is 1.79. The van der Waals surface area contributed by atoms with Crippen molar-refractivity contribution in [1.82, 2.24) is 10.3 Å². The van der Waals surface area contributed by atoms with Crippen molar-refractivity contribution in [3.63, 3.8) is 0 Å². The lowest BCUT2D eigenvalue weighted by atomic mass is 10.0. The Labute approximate surface area is 106 Å². The van der Waals surface area contributed by atoms with Crippen LogP contribution < -0.4 is 10.6 Å². The number of aryl methyl sites for hydroxylation is 2. The summed E-state index contributed by atoms with van der Waals surface area (Å²) in [6.07, 6.45) is 1.84. The Bertz CT molecular complexity index is 631. The Morgan fingerprint density at radius 2 is 2.22 bits per heavy atom. The van der Waals surface area contributed by atoms with Gasteiger partial charge in [0.2, 0.25) is 0 Å². The van der Waals surface area contributed by atoms with Crippen LogP contribution in [0.1, 0.15) is 11.1 Å². The Morgan fingerprint density at radius 3 is 3.00 bits per heavy atom. The molecule has 3 rings (SSSR count). The molecule has 0 atom stereocenters. The molecule has 0 saturated heterocycles. The number of anilines is 1. The van der Waals surface area contributed by atoms with Crippen LogP contribution in [0.3, 0.4) is 0 Å². The first-order chi connectivity index (χ1) is 8.75. The zero-order chi connectivity index (χ0) is 12.5. The van der Waals surface area contributed by atoms with Gasteiger partial charge >= 0.3 is 0 Å². The van der Waals surface area contributed by atoms with Gasteiger partial charge in [0, 0.05) is 23.8 Å². The van der Waals surface area contributed by atoms with Crippen LogP contribution in [0.5, 0.6) is 0 Å². The Balaban J connectivity index is 2.09. The summed E-state index contributed by atoms with van der Waals surface area (Å²) < 4.78 is 0. The minimum atomic E-state index is 0.843. The minimum Gasteiger partial charge on any atom is -0.354 e. The molecule has 18 heavy (non-hydrogen) atoms. The molecule has 0 amide bonds. The molecule has 0 saturated carbocycles. The number of aromatic nitrogens is 1. The fourth-order valence-electron chi connectivity index (χ4n) is 2.30. The zero-order valence-electron chi connectivity index (χ0n) is 10.6. The van der Waals surface area contributed by atoms with Crippen molar-refractivity contribution in [3.8, 4) is 0 Å². The quantitative estimate of drug-likeness (QED) is 0.803. The van der Waals surface area contributed by atoms with E-state index >= 15 is 0 Å². The average Bonchev–Trinajstić information content (AvgIpc) is 2.89. The maximum Gasteiger partial charge on any atom is 0.195 e. The molecule has 1 aliphatic rings. The van der Waals surface area contributed by atoms with E-state index in [1.54, 1.807) is 0 Å². The van der Waals surface area contributed by atoms with Crippen molar-refractivity contribution in [2.45, 2.75) is 13.8 Å². The molecule has 0 unspecified atom stereocenters. The molecule has 1 aromatic carbocycles. The van der Waals surface area contributed by atoms with Crippen molar-refractivity contribution >= 4 is 22.5 Å². The molecule has 1 aliphatic heterocycles. The molecular weight excluding hydrogens is 224 g/mol. The second-order valence-electron chi connectivity index (χ2n) is 4.55. The van der Waals surface area contributed by atoms with E-state index in [1.165, 1.54) is 16.5 Å². The Kier molecular flexibility index (Phi) is 2.63. The molecule has 1 aromatic heterocycles. The highest BCUT2D eigenvalue weighted by Crippen LogP contribution is 2.27. The summed E-state index contributed by atoms with van der Waals surface area (Å²) in [4.78, 5) is 8.80. The zero-order valence-corrected chi connectivity index (χ0v) is 10.6. The van der Waals surface area contributed by atoms with Crippen molar-refractivity contribution in [1.29, 1.82) is 0 Å². The van der Waals surface area contributed by atoms with E-state index in [2.05, 4.69) is 46.6 Å². The molecule has 4 heteroatoms. The SMILES string of the molecule is Cc1c(NC2=NCCN2)cc(C)c2ncccc12. The molecule has 92 valence electrons. The van der Waals surface area contributed by atoms with Gasteiger partial charge in [-0.3, -0.25) is 9.98 Å². The predicted molar refractivity (Wildman–Crippen MR) is 75.1 cm³/mol. The lowest BCUT2D eigenvalue weighted by Crippen LogP contribution is -2.26. The lowest BCUT2D eigenvalue weighted by molar-refractivity contribution is 0.959. The van der Waals surface area contributed by atoms with Crippen LogP contribution in [-0.4, -0.2) is 24.0 Å². The van der Waals surface area contributed by atoms with Crippen molar-refractivity contribution < 1.29 is 0 Å². The highest BCUT2D eigenvalue weighted by Gasteiger charge is 2.10. The number of nitrogens with one attached hydrogen (secondary N) is 2. The van der Waals surface area contributed by atoms with E-state index in [9.17, 15) is 0 Å². The largest absolute Gasteiger partial charge is 0.354 e. The molecular formula is C14H16N4. The summed E-state index contributed by atoms with van der Waals surface area (Å²) >= 11 is 0. The third-order valence-corrected chi connectivity index (χ3v) is 3.28. The van der Waals surface area contributed by atoms with Gasteiger partial charge in [0.15, 0.2) is 5.96 Å². The van der Waals surface area contributed by atoms with Crippen LogP contribution in [0.4, 0.5) is 5.69 Å². The summed E-state index contributed by atoms with van der Waals surface area (Å²) in [5.74, 6) is 0.862. The van der Waals surface area contributed by atoms with Crippen molar-refractivity contribution in [2.24, 2.45) is 4.99 Å². The minimum absolute atomic E-state index is 0.843. The lowest BCUT2D eigenvalue weighted by Gasteiger charge is -2.13. The van der Waals surface area contributed by atoms with Gasteiger partial charge < -0.3 is 10.6 Å². The molecule has 2 heterocycles. The molecule has 2 aromatic rings. The number of benzene rings is 1. The van der Waals surface area contributed by atoms with Crippen LogP contribution in [0.15, 0.2) is 29.4 Å². The number of nitrogens with zero attached hydrogens (tertiary/aromatic N) is 2. The second kappa shape index (κ2) is 4.29. The first-order valence-electron chi connectivity index (χ1n) is 6.16. The Morgan fingerprint density at radius 1 is 1.33 bits per heavy atom. The summed E-state index contributed by atoms with van der Waals surface area (Å²) in [7, 11) is 0. The molecule has 0 spiro atoms. The van der Waals surface area contributed by atoms with E-state index in [1.807, 2.05) is 12.3 Å². The van der Waals surface area contributed by atoms with Gasteiger partial charge in [0.05, 0.1) is 12.1 Å². The van der Waals surface area contributed by atoms with E-state index in [0.29, 0.717) is 0 Å². The Hall–Kier alpha value is -2.10. The van der Waals surface area contributed by atoms with Crippen LogP contribution >= 0.6 is 0 Å². The number of guanidine groups is 1. The maximum atomic E-state index is 4.44. The van der Waals surface area contributed by atoms with Crippen LogP contribution in [0, 0.1) is 13.8 Å². The predicted octanol–water partition coefficient (Wildman–Crippen LogP) is 2.22. The number of hydrogen-bond donors (Lipinski definition) is 2. The van der Waals surface area contributed by atoms with Gasteiger partial charge in [0.1, 0.15) is 0 Å². The summed E-state index contributed by atoms with van der Waals surface area (Å²) in [5, 5.41) is 7.77. The normalized spacial score (nSPS) is 14.4. The first kappa shape index (κ1) is 11.0. The highest BCUT2D eigenvalue weighted by atomic mass is 15.2. The number of hydrogen-bond acceptors (Lipinski definition) is 4. The standard InChI is InChI=1S/C14H16N4/c1-9-8-12(18-14-16-6-7-17-14)10(2)11-4-3-5-15-13(9)11/h3-5,8H,6-7H2,1-2H3,(H2,16,17,18). The smallest absolute Gasteiger partial charge is 0.195 e. The van der Waals surface area contributed by atoms with E-state index < -0.39 is 0 Å². The van der Waals surface area contributed by atoms with Gasteiger partial charge in [-0.15, -0.1) is 0 Å². The van der Waals surface area contributed by atoms with Gasteiger partial charge in [0.25, 0.3) is 0 Å². The van der Waals surface area contributed by atoms with Gasteiger partial charge in [-0.2, -0.15) is 0 Å².